The monoisotopic (exact) mass is 323 g/mol. The molecule has 1 heterocycles. The molecule has 0 radical (unpaired) electrons. The first-order valence-electron chi connectivity index (χ1n) is 7.85. The number of aromatic nitrogens is 2. The zero-order chi connectivity index (χ0) is 16.9. The van der Waals surface area contributed by atoms with Gasteiger partial charge in [-0.15, -0.1) is 10.2 Å². The summed E-state index contributed by atoms with van der Waals surface area (Å²) in [5, 5.41) is 8.27. The standard InChI is InChI=1S/C19H21N3O2/c1-14-9-10-17(23-3)16(11-14)12-22(2)13-18-20-21-19(24-18)15-7-5-4-6-8-15/h4-11H,12-13H2,1-3H3. The van der Waals surface area contributed by atoms with E-state index in [0.29, 0.717) is 18.3 Å². The van der Waals surface area contributed by atoms with E-state index in [1.165, 1.54) is 5.56 Å². The maximum Gasteiger partial charge on any atom is 0.247 e. The van der Waals surface area contributed by atoms with Crippen LogP contribution in [0.1, 0.15) is 17.0 Å². The van der Waals surface area contributed by atoms with Gasteiger partial charge in [-0.1, -0.05) is 35.9 Å². The van der Waals surface area contributed by atoms with Gasteiger partial charge in [0.25, 0.3) is 0 Å². The lowest BCUT2D eigenvalue weighted by Gasteiger charge is -2.17. The van der Waals surface area contributed by atoms with Crippen molar-refractivity contribution in [1.29, 1.82) is 0 Å². The van der Waals surface area contributed by atoms with Crippen molar-refractivity contribution < 1.29 is 9.15 Å². The van der Waals surface area contributed by atoms with E-state index in [4.69, 9.17) is 9.15 Å². The Hall–Kier alpha value is -2.66. The second kappa shape index (κ2) is 7.27. The number of aryl methyl sites for hydroxylation is 1. The minimum atomic E-state index is 0.548. The third-order valence-corrected chi connectivity index (χ3v) is 3.77. The molecule has 1 aromatic heterocycles. The van der Waals surface area contributed by atoms with Crippen molar-refractivity contribution in [3.63, 3.8) is 0 Å². The first-order valence-corrected chi connectivity index (χ1v) is 7.85. The van der Waals surface area contributed by atoms with Gasteiger partial charge in [0.05, 0.1) is 13.7 Å². The highest BCUT2D eigenvalue weighted by molar-refractivity contribution is 5.51. The summed E-state index contributed by atoms with van der Waals surface area (Å²) in [4.78, 5) is 2.12. The lowest BCUT2D eigenvalue weighted by Crippen LogP contribution is -2.18. The fourth-order valence-electron chi connectivity index (χ4n) is 2.62. The number of methoxy groups -OCH3 is 1. The Labute approximate surface area is 141 Å². The average molecular weight is 323 g/mol. The molecular weight excluding hydrogens is 302 g/mol. The van der Waals surface area contributed by atoms with Crippen molar-refractivity contribution in [3.8, 4) is 17.2 Å². The number of nitrogens with zero attached hydrogens (tertiary/aromatic N) is 3. The molecule has 3 aromatic rings. The van der Waals surface area contributed by atoms with Crippen LogP contribution < -0.4 is 4.74 Å². The molecule has 5 heteroatoms. The number of hydrogen-bond acceptors (Lipinski definition) is 5. The SMILES string of the molecule is COc1ccc(C)cc1CN(C)Cc1nnc(-c2ccccc2)o1. The fourth-order valence-corrected chi connectivity index (χ4v) is 2.62. The van der Waals surface area contributed by atoms with Crippen LogP contribution in [0.15, 0.2) is 52.9 Å². The quantitative estimate of drug-likeness (QED) is 0.692. The number of rotatable bonds is 6. The molecular formula is C19H21N3O2. The molecule has 0 bridgehead atoms. The smallest absolute Gasteiger partial charge is 0.247 e. The molecule has 3 rings (SSSR count). The van der Waals surface area contributed by atoms with Crippen LogP contribution >= 0.6 is 0 Å². The summed E-state index contributed by atoms with van der Waals surface area (Å²) in [6, 6.07) is 16.0. The van der Waals surface area contributed by atoms with Gasteiger partial charge in [-0.05, 0) is 32.2 Å². The van der Waals surface area contributed by atoms with Crippen molar-refractivity contribution in [2.45, 2.75) is 20.0 Å². The molecule has 0 saturated heterocycles. The molecule has 0 saturated carbocycles. The minimum Gasteiger partial charge on any atom is -0.496 e. The van der Waals surface area contributed by atoms with Gasteiger partial charge in [-0.2, -0.15) is 0 Å². The van der Waals surface area contributed by atoms with E-state index < -0.39 is 0 Å². The second-order valence-corrected chi connectivity index (χ2v) is 5.85. The maximum absolute atomic E-state index is 5.76. The molecule has 2 aromatic carbocycles. The fraction of sp³-hybridized carbons (Fsp3) is 0.263. The van der Waals surface area contributed by atoms with Gasteiger partial charge in [0.1, 0.15) is 5.75 Å². The molecule has 0 atom stereocenters. The lowest BCUT2D eigenvalue weighted by molar-refractivity contribution is 0.277. The Kier molecular flexibility index (Phi) is 4.91. The molecule has 0 aliphatic heterocycles. The van der Waals surface area contributed by atoms with Crippen LogP contribution in [0.4, 0.5) is 0 Å². The Morgan fingerprint density at radius 3 is 2.58 bits per heavy atom. The van der Waals surface area contributed by atoms with E-state index in [9.17, 15) is 0 Å². The van der Waals surface area contributed by atoms with Crippen LogP contribution in [0.2, 0.25) is 0 Å². The van der Waals surface area contributed by atoms with E-state index >= 15 is 0 Å². The van der Waals surface area contributed by atoms with Crippen LogP contribution in [-0.2, 0) is 13.1 Å². The molecule has 0 spiro atoms. The molecule has 124 valence electrons. The van der Waals surface area contributed by atoms with Gasteiger partial charge in [0.2, 0.25) is 11.8 Å². The largest absolute Gasteiger partial charge is 0.496 e. The molecule has 0 aliphatic carbocycles. The van der Waals surface area contributed by atoms with Crippen LogP contribution in [0.25, 0.3) is 11.5 Å². The van der Waals surface area contributed by atoms with Crippen LogP contribution in [0, 0.1) is 6.92 Å². The summed E-state index contributed by atoms with van der Waals surface area (Å²) in [6.07, 6.45) is 0. The molecule has 5 nitrogen and oxygen atoms in total. The Bertz CT molecular complexity index is 799. The van der Waals surface area contributed by atoms with E-state index in [2.05, 4.69) is 28.1 Å². The van der Waals surface area contributed by atoms with E-state index in [-0.39, 0.29) is 0 Å². The normalized spacial score (nSPS) is 11.0. The Balaban J connectivity index is 1.69. The molecule has 0 aliphatic rings. The highest BCUT2D eigenvalue weighted by Gasteiger charge is 2.12. The van der Waals surface area contributed by atoms with Crippen molar-refractivity contribution in [1.82, 2.24) is 15.1 Å². The van der Waals surface area contributed by atoms with Gasteiger partial charge in [0.15, 0.2) is 0 Å². The Morgan fingerprint density at radius 1 is 1.04 bits per heavy atom. The van der Waals surface area contributed by atoms with Gasteiger partial charge in [-0.25, -0.2) is 0 Å². The number of benzene rings is 2. The van der Waals surface area contributed by atoms with Gasteiger partial charge in [0, 0.05) is 17.7 Å². The van der Waals surface area contributed by atoms with E-state index in [0.717, 1.165) is 23.4 Å². The summed E-state index contributed by atoms with van der Waals surface area (Å²) >= 11 is 0. The van der Waals surface area contributed by atoms with Crippen molar-refractivity contribution in [3.05, 3.63) is 65.5 Å². The zero-order valence-corrected chi connectivity index (χ0v) is 14.2. The third kappa shape index (κ3) is 3.81. The summed E-state index contributed by atoms with van der Waals surface area (Å²) < 4.78 is 11.2. The topological polar surface area (TPSA) is 51.4 Å². The summed E-state index contributed by atoms with van der Waals surface area (Å²) in [6.45, 7) is 3.40. The molecule has 24 heavy (non-hydrogen) atoms. The first-order chi connectivity index (χ1) is 11.7. The van der Waals surface area contributed by atoms with Gasteiger partial charge < -0.3 is 9.15 Å². The predicted octanol–water partition coefficient (Wildman–Crippen LogP) is 3.69. The summed E-state index contributed by atoms with van der Waals surface area (Å²) in [7, 11) is 3.71. The van der Waals surface area contributed by atoms with E-state index in [1.807, 2.05) is 49.5 Å². The molecule has 0 amide bonds. The first kappa shape index (κ1) is 16.2. The molecule has 0 N–H and O–H groups in total. The maximum atomic E-state index is 5.76. The van der Waals surface area contributed by atoms with Crippen LogP contribution in [0.3, 0.4) is 0 Å². The second-order valence-electron chi connectivity index (χ2n) is 5.85. The number of ether oxygens (including phenoxy) is 1. The third-order valence-electron chi connectivity index (χ3n) is 3.77. The molecule has 0 unspecified atom stereocenters. The van der Waals surface area contributed by atoms with Crippen molar-refractivity contribution in [2.75, 3.05) is 14.2 Å². The van der Waals surface area contributed by atoms with E-state index in [1.54, 1.807) is 7.11 Å². The average Bonchev–Trinajstić information content (AvgIpc) is 3.04. The highest BCUT2D eigenvalue weighted by Crippen LogP contribution is 2.22. The van der Waals surface area contributed by atoms with Crippen molar-refractivity contribution >= 4 is 0 Å². The Morgan fingerprint density at radius 2 is 1.83 bits per heavy atom. The summed E-state index contributed by atoms with van der Waals surface area (Å²) in [5.41, 5.74) is 3.28. The predicted molar refractivity (Wildman–Crippen MR) is 92.6 cm³/mol. The van der Waals surface area contributed by atoms with Crippen LogP contribution in [0.5, 0.6) is 5.75 Å². The lowest BCUT2D eigenvalue weighted by atomic mass is 10.1. The van der Waals surface area contributed by atoms with Crippen molar-refractivity contribution in [2.24, 2.45) is 0 Å². The minimum absolute atomic E-state index is 0.548. The van der Waals surface area contributed by atoms with Gasteiger partial charge >= 0.3 is 0 Å². The van der Waals surface area contributed by atoms with Crippen LogP contribution in [-0.4, -0.2) is 29.3 Å². The number of hydrogen-bond donors (Lipinski definition) is 0. The summed E-state index contributed by atoms with van der Waals surface area (Å²) in [5.74, 6) is 2.04. The zero-order valence-electron chi connectivity index (χ0n) is 14.2. The molecule has 0 fully saturated rings. The highest BCUT2D eigenvalue weighted by atomic mass is 16.5. The van der Waals surface area contributed by atoms with Gasteiger partial charge in [-0.3, -0.25) is 4.90 Å².